The largest absolute Gasteiger partial charge is 0.389 e. The van der Waals surface area contributed by atoms with Crippen molar-refractivity contribution < 1.29 is 8.78 Å². The number of hydrogen-bond acceptors (Lipinski definition) is 3. The molecule has 0 spiro atoms. The van der Waals surface area contributed by atoms with Gasteiger partial charge in [-0.1, -0.05) is 12.2 Å². The van der Waals surface area contributed by atoms with Gasteiger partial charge in [0.1, 0.15) is 4.99 Å². The number of nitrogens with zero attached hydrogens (tertiary/aromatic N) is 2. The van der Waals surface area contributed by atoms with E-state index in [9.17, 15) is 8.78 Å². The summed E-state index contributed by atoms with van der Waals surface area (Å²) < 4.78 is 29.3. The van der Waals surface area contributed by atoms with E-state index in [0.29, 0.717) is 6.54 Å². The lowest BCUT2D eigenvalue weighted by Gasteiger charge is -2.10. The molecular weight excluding hydrogens is 282 g/mol. The third kappa shape index (κ3) is 2.62. The van der Waals surface area contributed by atoms with E-state index in [2.05, 4.69) is 22.6 Å². The standard InChI is InChI=1S/C13H14F2N4S/c1-7-8(6-18-19(7)2)5-17-10-4-3-9(13(16)20)11(14)12(10)15/h3-4,6,17H,5H2,1-2H3,(H2,16,20). The lowest BCUT2D eigenvalue weighted by molar-refractivity contribution is 0.509. The molecule has 2 aromatic rings. The van der Waals surface area contributed by atoms with Crippen LogP contribution >= 0.6 is 12.2 Å². The van der Waals surface area contributed by atoms with E-state index in [1.165, 1.54) is 12.1 Å². The van der Waals surface area contributed by atoms with Crippen molar-refractivity contribution in [3.8, 4) is 0 Å². The molecule has 0 unspecified atom stereocenters. The maximum Gasteiger partial charge on any atom is 0.182 e. The van der Waals surface area contributed by atoms with Gasteiger partial charge < -0.3 is 11.1 Å². The second-order valence-corrected chi connectivity index (χ2v) is 4.83. The normalized spacial score (nSPS) is 10.6. The van der Waals surface area contributed by atoms with Crippen LogP contribution in [0.15, 0.2) is 18.3 Å². The van der Waals surface area contributed by atoms with Gasteiger partial charge >= 0.3 is 0 Å². The Bertz CT molecular complexity index is 667. The molecule has 1 aromatic carbocycles. The van der Waals surface area contributed by atoms with Gasteiger partial charge in [0.15, 0.2) is 11.6 Å². The Morgan fingerprint density at radius 3 is 2.65 bits per heavy atom. The van der Waals surface area contributed by atoms with Crippen molar-refractivity contribution in [2.45, 2.75) is 13.5 Å². The second kappa shape index (κ2) is 5.54. The van der Waals surface area contributed by atoms with Gasteiger partial charge in [-0.2, -0.15) is 5.10 Å². The number of benzene rings is 1. The zero-order valence-electron chi connectivity index (χ0n) is 11.1. The van der Waals surface area contributed by atoms with Gasteiger partial charge in [-0.25, -0.2) is 8.78 Å². The van der Waals surface area contributed by atoms with Crippen LogP contribution in [0, 0.1) is 18.6 Å². The zero-order chi connectivity index (χ0) is 14.9. The number of aromatic nitrogens is 2. The van der Waals surface area contributed by atoms with Crippen LogP contribution in [0.2, 0.25) is 0 Å². The number of hydrogen-bond donors (Lipinski definition) is 2. The number of thiocarbonyl (C=S) groups is 1. The first-order valence-corrected chi connectivity index (χ1v) is 6.31. The van der Waals surface area contributed by atoms with Crippen molar-refractivity contribution in [2.75, 3.05) is 5.32 Å². The van der Waals surface area contributed by atoms with E-state index in [0.717, 1.165) is 11.3 Å². The number of anilines is 1. The van der Waals surface area contributed by atoms with Gasteiger partial charge in [0, 0.05) is 30.4 Å². The first-order chi connectivity index (χ1) is 9.41. The van der Waals surface area contributed by atoms with E-state index in [1.807, 2.05) is 14.0 Å². The van der Waals surface area contributed by atoms with E-state index in [-0.39, 0.29) is 16.2 Å². The van der Waals surface area contributed by atoms with E-state index in [1.54, 1.807) is 10.9 Å². The van der Waals surface area contributed by atoms with Crippen molar-refractivity contribution in [3.05, 3.63) is 46.8 Å². The first-order valence-electron chi connectivity index (χ1n) is 5.91. The van der Waals surface area contributed by atoms with Gasteiger partial charge in [0.05, 0.1) is 11.9 Å². The number of nitrogens with two attached hydrogens (primary N) is 1. The average Bonchev–Trinajstić information content (AvgIpc) is 2.71. The van der Waals surface area contributed by atoms with Crippen LogP contribution in [-0.4, -0.2) is 14.8 Å². The third-order valence-electron chi connectivity index (χ3n) is 3.15. The summed E-state index contributed by atoms with van der Waals surface area (Å²) >= 11 is 4.65. The highest BCUT2D eigenvalue weighted by atomic mass is 32.1. The topological polar surface area (TPSA) is 55.9 Å². The molecule has 0 saturated heterocycles. The predicted molar refractivity (Wildman–Crippen MR) is 77.5 cm³/mol. The van der Waals surface area contributed by atoms with E-state index >= 15 is 0 Å². The van der Waals surface area contributed by atoms with Gasteiger partial charge in [0.25, 0.3) is 0 Å². The van der Waals surface area contributed by atoms with Crippen molar-refractivity contribution >= 4 is 22.9 Å². The molecular formula is C13H14F2N4S. The van der Waals surface area contributed by atoms with Crippen LogP contribution in [0.25, 0.3) is 0 Å². The first kappa shape index (κ1) is 14.4. The molecule has 0 saturated carbocycles. The summed E-state index contributed by atoms with van der Waals surface area (Å²) in [6, 6.07) is 2.78. The summed E-state index contributed by atoms with van der Waals surface area (Å²) in [4.78, 5) is -0.170. The minimum Gasteiger partial charge on any atom is -0.389 e. The van der Waals surface area contributed by atoms with Crippen molar-refractivity contribution in [3.63, 3.8) is 0 Å². The fraction of sp³-hybridized carbons (Fsp3) is 0.231. The highest BCUT2D eigenvalue weighted by Gasteiger charge is 2.15. The Kier molecular flexibility index (Phi) is 3.99. The molecule has 1 aromatic heterocycles. The summed E-state index contributed by atoms with van der Waals surface area (Å²) in [6.45, 7) is 2.25. The van der Waals surface area contributed by atoms with Gasteiger partial charge in [-0.05, 0) is 19.1 Å². The minimum atomic E-state index is -1.04. The molecule has 106 valence electrons. The van der Waals surface area contributed by atoms with Crippen LogP contribution in [-0.2, 0) is 13.6 Å². The molecule has 0 amide bonds. The summed E-state index contributed by atoms with van der Waals surface area (Å²) in [5.74, 6) is -2.03. The van der Waals surface area contributed by atoms with Gasteiger partial charge in [0.2, 0.25) is 0 Å². The Hall–Kier alpha value is -2.02. The van der Waals surface area contributed by atoms with Crippen LogP contribution in [0.3, 0.4) is 0 Å². The van der Waals surface area contributed by atoms with Crippen LogP contribution in [0.1, 0.15) is 16.8 Å². The number of halogens is 2. The molecule has 20 heavy (non-hydrogen) atoms. The lowest BCUT2D eigenvalue weighted by atomic mass is 10.1. The molecule has 3 N–H and O–H groups in total. The van der Waals surface area contributed by atoms with Crippen LogP contribution in [0.5, 0.6) is 0 Å². The highest BCUT2D eigenvalue weighted by Crippen LogP contribution is 2.21. The molecule has 0 fully saturated rings. The smallest absolute Gasteiger partial charge is 0.182 e. The fourth-order valence-electron chi connectivity index (χ4n) is 1.78. The molecule has 2 rings (SSSR count). The zero-order valence-corrected chi connectivity index (χ0v) is 11.9. The summed E-state index contributed by atoms with van der Waals surface area (Å²) in [5.41, 5.74) is 7.14. The molecule has 0 aliphatic rings. The Morgan fingerprint density at radius 1 is 1.40 bits per heavy atom. The third-order valence-corrected chi connectivity index (χ3v) is 3.37. The maximum atomic E-state index is 13.9. The number of aryl methyl sites for hydroxylation is 1. The lowest BCUT2D eigenvalue weighted by Crippen LogP contribution is -2.14. The monoisotopic (exact) mass is 296 g/mol. The van der Waals surface area contributed by atoms with E-state index < -0.39 is 11.6 Å². The van der Waals surface area contributed by atoms with Gasteiger partial charge in [-0.15, -0.1) is 0 Å². The SMILES string of the molecule is Cc1c(CNc2ccc(C(N)=S)c(F)c2F)cnn1C. The van der Waals surface area contributed by atoms with Crippen molar-refractivity contribution in [1.29, 1.82) is 0 Å². The molecule has 1 heterocycles. The summed E-state index contributed by atoms with van der Waals surface area (Å²) in [6.07, 6.45) is 1.68. The van der Waals surface area contributed by atoms with Gasteiger partial charge in [-0.3, -0.25) is 4.68 Å². The average molecular weight is 296 g/mol. The molecule has 7 heteroatoms. The van der Waals surface area contributed by atoms with Crippen molar-refractivity contribution in [1.82, 2.24) is 9.78 Å². The van der Waals surface area contributed by atoms with Crippen LogP contribution in [0.4, 0.5) is 14.5 Å². The summed E-state index contributed by atoms with van der Waals surface area (Å²) in [5, 5.41) is 6.92. The Morgan fingerprint density at radius 2 is 2.10 bits per heavy atom. The Labute approximate surface area is 120 Å². The molecule has 0 radical (unpaired) electrons. The highest BCUT2D eigenvalue weighted by molar-refractivity contribution is 7.80. The molecule has 0 aliphatic heterocycles. The quantitative estimate of drug-likeness (QED) is 0.850. The minimum absolute atomic E-state index is 0.0609. The fourth-order valence-corrected chi connectivity index (χ4v) is 1.94. The molecule has 0 bridgehead atoms. The molecule has 0 aliphatic carbocycles. The van der Waals surface area contributed by atoms with Crippen molar-refractivity contribution in [2.24, 2.45) is 12.8 Å². The number of rotatable bonds is 4. The molecule has 4 nitrogen and oxygen atoms in total. The van der Waals surface area contributed by atoms with Crippen LogP contribution < -0.4 is 11.1 Å². The second-order valence-electron chi connectivity index (χ2n) is 4.39. The van der Waals surface area contributed by atoms with E-state index in [4.69, 9.17) is 5.73 Å². The maximum absolute atomic E-state index is 13.9. The number of nitrogens with one attached hydrogen (secondary N) is 1. The summed E-state index contributed by atoms with van der Waals surface area (Å²) in [7, 11) is 1.82. The molecule has 0 atom stereocenters. The Balaban J connectivity index is 2.21. The predicted octanol–water partition coefficient (Wildman–Crippen LogP) is 2.25.